The van der Waals surface area contributed by atoms with Gasteiger partial charge >= 0.3 is 0 Å². The number of ketones is 2. The largest absolute Gasteiger partial charge is 0.461 e. The van der Waals surface area contributed by atoms with Crippen LogP contribution in [0.4, 0.5) is 0 Å². The highest BCUT2D eigenvalue weighted by atomic mass is 16.3. The summed E-state index contributed by atoms with van der Waals surface area (Å²) >= 11 is 0. The molecular weight excluding hydrogens is 168 g/mol. The molecule has 0 N–H and O–H groups in total. The number of carbonyl (C=O) groups excluding carboxylic acids is 2. The lowest BCUT2D eigenvalue weighted by Crippen LogP contribution is -2.13. The van der Waals surface area contributed by atoms with E-state index in [2.05, 4.69) is 0 Å². The summed E-state index contributed by atoms with van der Waals surface area (Å²) in [4.78, 5) is 22.2. The molecule has 0 saturated heterocycles. The van der Waals surface area contributed by atoms with Crippen LogP contribution < -0.4 is 0 Å². The molecule has 3 nitrogen and oxygen atoms in total. The average Bonchev–Trinajstić information content (AvgIpc) is 2.53. The predicted octanol–water partition coefficient (Wildman–Crippen LogP) is 2.08. The summed E-state index contributed by atoms with van der Waals surface area (Å²) in [5.41, 5.74) is 0. The fourth-order valence-corrected chi connectivity index (χ4v) is 1.19. The fourth-order valence-electron chi connectivity index (χ4n) is 1.19. The molecular formula is C10H12O3. The average molecular weight is 180 g/mol. The van der Waals surface area contributed by atoms with Crippen molar-refractivity contribution in [3.8, 4) is 0 Å². The van der Waals surface area contributed by atoms with Crippen LogP contribution in [0.25, 0.3) is 0 Å². The van der Waals surface area contributed by atoms with Gasteiger partial charge in [0.1, 0.15) is 5.78 Å². The van der Waals surface area contributed by atoms with Gasteiger partial charge in [0.15, 0.2) is 5.76 Å². The molecule has 0 aliphatic carbocycles. The first-order valence-corrected chi connectivity index (χ1v) is 4.18. The van der Waals surface area contributed by atoms with Crippen LogP contribution in [0.1, 0.15) is 30.8 Å². The number of hydrogen-bond donors (Lipinski definition) is 0. The SMILES string of the molecule is CC(=O)CC(C)C(=O)c1ccco1. The Hall–Kier alpha value is -1.38. The van der Waals surface area contributed by atoms with Crippen molar-refractivity contribution in [1.82, 2.24) is 0 Å². The second-order valence-corrected chi connectivity index (χ2v) is 3.15. The second-order valence-electron chi connectivity index (χ2n) is 3.15. The summed E-state index contributed by atoms with van der Waals surface area (Å²) in [5.74, 6) is -0.0509. The van der Waals surface area contributed by atoms with E-state index in [1.165, 1.54) is 13.2 Å². The zero-order valence-electron chi connectivity index (χ0n) is 7.74. The predicted molar refractivity (Wildman–Crippen MR) is 47.5 cm³/mol. The summed E-state index contributed by atoms with van der Waals surface area (Å²) in [6.07, 6.45) is 1.73. The molecule has 1 rings (SSSR count). The number of carbonyl (C=O) groups is 2. The molecule has 1 aromatic heterocycles. The Morgan fingerprint density at radius 2 is 2.23 bits per heavy atom. The van der Waals surface area contributed by atoms with Crippen molar-refractivity contribution < 1.29 is 14.0 Å². The van der Waals surface area contributed by atoms with Crippen LogP contribution in [-0.2, 0) is 4.79 Å². The maximum atomic E-state index is 11.5. The molecule has 0 amide bonds. The van der Waals surface area contributed by atoms with Crippen LogP contribution in [0.5, 0.6) is 0 Å². The molecule has 0 bridgehead atoms. The van der Waals surface area contributed by atoms with E-state index in [0.29, 0.717) is 5.76 Å². The normalized spacial score (nSPS) is 12.5. The van der Waals surface area contributed by atoms with Crippen molar-refractivity contribution in [2.24, 2.45) is 5.92 Å². The van der Waals surface area contributed by atoms with Gasteiger partial charge in [-0.05, 0) is 19.1 Å². The van der Waals surface area contributed by atoms with Crippen LogP contribution in [0, 0.1) is 5.92 Å². The highest BCUT2D eigenvalue weighted by Crippen LogP contribution is 2.12. The molecule has 70 valence electrons. The van der Waals surface area contributed by atoms with Crippen LogP contribution in [0.2, 0.25) is 0 Å². The molecule has 3 heteroatoms. The molecule has 1 atom stereocenters. The van der Waals surface area contributed by atoms with Gasteiger partial charge in [0, 0.05) is 12.3 Å². The first-order chi connectivity index (χ1) is 6.11. The van der Waals surface area contributed by atoms with Crippen LogP contribution >= 0.6 is 0 Å². The Balaban J connectivity index is 2.63. The Morgan fingerprint density at radius 1 is 1.54 bits per heavy atom. The lowest BCUT2D eigenvalue weighted by atomic mass is 9.99. The molecule has 0 radical (unpaired) electrons. The Kier molecular flexibility index (Phi) is 3.01. The van der Waals surface area contributed by atoms with Gasteiger partial charge in [0.2, 0.25) is 5.78 Å². The highest BCUT2D eigenvalue weighted by Gasteiger charge is 2.18. The summed E-state index contributed by atoms with van der Waals surface area (Å²) < 4.78 is 4.94. The van der Waals surface area contributed by atoms with Crippen LogP contribution in [-0.4, -0.2) is 11.6 Å². The highest BCUT2D eigenvalue weighted by molar-refractivity contribution is 5.97. The first-order valence-electron chi connectivity index (χ1n) is 4.18. The summed E-state index contributed by atoms with van der Waals surface area (Å²) in [6.45, 7) is 3.21. The number of rotatable bonds is 4. The topological polar surface area (TPSA) is 47.3 Å². The van der Waals surface area contributed by atoms with Gasteiger partial charge in [-0.3, -0.25) is 4.79 Å². The van der Waals surface area contributed by atoms with Crippen LogP contribution in [0.3, 0.4) is 0 Å². The van der Waals surface area contributed by atoms with Crippen molar-refractivity contribution in [2.45, 2.75) is 20.3 Å². The molecule has 13 heavy (non-hydrogen) atoms. The van der Waals surface area contributed by atoms with Crippen molar-refractivity contribution in [1.29, 1.82) is 0 Å². The lowest BCUT2D eigenvalue weighted by molar-refractivity contribution is -0.117. The smallest absolute Gasteiger partial charge is 0.201 e. The quantitative estimate of drug-likeness (QED) is 0.666. The Morgan fingerprint density at radius 3 is 2.69 bits per heavy atom. The van der Waals surface area contributed by atoms with E-state index < -0.39 is 0 Å². The number of furan rings is 1. The van der Waals surface area contributed by atoms with Gasteiger partial charge in [-0.25, -0.2) is 0 Å². The Labute approximate surface area is 76.7 Å². The van der Waals surface area contributed by atoms with Crippen molar-refractivity contribution >= 4 is 11.6 Å². The minimum atomic E-state index is -0.288. The van der Waals surface area contributed by atoms with E-state index in [0.717, 1.165) is 0 Å². The van der Waals surface area contributed by atoms with E-state index in [4.69, 9.17) is 4.42 Å². The third kappa shape index (κ3) is 2.54. The molecule has 0 aromatic carbocycles. The van der Waals surface area contributed by atoms with Gasteiger partial charge in [-0.1, -0.05) is 6.92 Å². The van der Waals surface area contributed by atoms with E-state index >= 15 is 0 Å². The minimum Gasteiger partial charge on any atom is -0.461 e. The van der Waals surface area contributed by atoms with E-state index in [9.17, 15) is 9.59 Å². The minimum absolute atomic E-state index is 0.0207. The molecule has 1 aromatic rings. The monoisotopic (exact) mass is 180 g/mol. The van der Waals surface area contributed by atoms with E-state index in [-0.39, 0.29) is 23.9 Å². The third-order valence-corrected chi connectivity index (χ3v) is 1.81. The Bertz CT molecular complexity index is 298. The summed E-state index contributed by atoms with van der Waals surface area (Å²) in [6, 6.07) is 3.27. The van der Waals surface area contributed by atoms with Crippen molar-refractivity contribution in [3.63, 3.8) is 0 Å². The van der Waals surface area contributed by atoms with Gasteiger partial charge in [0.25, 0.3) is 0 Å². The third-order valence-electron chi connectivity index (χ3n) is 1.81. The standard InChI is InChI=1S/C10H12O3/c1-7(6-8(2)11)10(12)9-4-3-5-13-9/h3-5,7H,6H2,1-2H3. The molecule has 1 unspecified atom stereocenters. The molecule has 1 heterocycles. The number of hydrogen-bond acceptors (Lipinski definition) is 3. The molecule has 0 spiro atoms. The maximum absolute atomic E-state index is 11.5. The molecule has 0 fully saturated rings. The van der Waals surface area contributed by atoms with E-state index in [1.54, 1.807) is 19.1 Å². The summed E-state index contributed by atoms with van der Waals surface area (Å²) in [7, 11) is 0. The van der Waals surface area contributed by atoms with Crippen molar-refractivity contribution in [3.05, 3.63) is 24.2 Å². The fraction of sp³-hybridized carbons (Fsp3) is 0.400. The lowest BCUT2D eigenvalue weighted by Gasteiger charge is -2.04. The zero-order chi connectivity index (χ0) is 9.84. The van der Waals surface area contributed by atoms with E-state index in [1.807, 2.05) is 0 Å². The second kappa shape index (κ2) is 4.03. The molecule has 0 aliphatic heterocycles. The molecule has 0 aliphatic rings. The van der Waals surface area contributed by atoms with Crippen molar-refractivity contribution in [2.75, 3.05) is 0 Å². The summed E-state index contributed by atoms with van der Waals surface area (Å²) in [5, 5.41) is 0. The van der Waals surface area contributed by atoms with Crippen LogP contribution in [0.15, 0.2) is 22.8 Å². The van der Waals surface area contributed by atoms with Gasteiger partial charge in [-0.2, -0.15) is 0 Å². The van der Waals surface area contributed by atoms with Gasteiger partial charge in [-0.15, -0.1) is 0 Å². The van der Waals surface area contributed by atoms with Gasteiger partial charge < -0.3 is 9.21 Å². The maximum Gasteiger partial charge on any atom is 0.201 e. The zero-order valence-corrected chi connectivity index (χ0v) is 7.74. The first kappa shape index (κ1) is 9.71. The van der Waals surface area contributed by atoms with Gasteiger partial charge in [0.05, 0.1) is 6.26 Å². The molecule has 0 saturated carbocycles. The number of Topliss-reactive ketones (excluding diaryl/α,β-unsaturated/α-hetero) is 2.